The fourth-order valence-corrected chi connectivity index (χ4v) is 3.07. The highest BCUT2D eigenvalue weighted by Gasteiger charge is 2.23. The minimum atomic E-state index is -0.609. The van der Waals surface area contributed by atoms with E-state index in [9.17, 15) is 9.59 Å². The van der Waals surface area contributed by atoms with Crippen LogP contribution in [0.15, 0.2) is 42.5 Å². The molecule has 29 heavy (non-hydrogen) atoms. The maximum Gasteiger partial charge on any atom is 0.252 e. The van der Waals surface area contributed by atoms with E-state index in [0.29, 0.717) is 30.0 Å². The lowest BCUT2D eigenvalue weighted by Gasteiger charge is -2.21. The predicted molar refractivity (Wildman–Crippen MR) is 113 cm³/mol. The molecule has 2 aromatic carbocycles. The molecule has 2 rings (SSSR count). The molecule has 156 valence electrons. The minimum absolute atomic E-state index is 0.213. The van der Waals surface area contributed by atoms with Gasteiger partial charge in [0.2, 0.25) is 5.91 Å². The largest absolute Gasteiger partial charge is 0.493 e. The van der Waals surface area contributed by atoms with Crippen molar-refractivity contribution >= 4 is 11.8 Å². The molecule has 6 heteroatoms. The maximum absolute atomic E-state index is 12.8. The number of benzene rings is 2. The summed E-state index contributed by atoms with van der Waals surface area (Å²) in [6, 6.07) is 12.2. The molecule has 0 saturated heterocycles. The van der Waals surface area contributed by atoms with Crippen molar-refractivity contribution < 1.29 is 19.1 Å². The van der Waals surface area contributed by atoms with Crippen LogP contribution in [0, 0.1) is 12.8 Å². The molecule has 0 aliphatic heterocycles. The van der Waals surface area contributed by atoms with Crippen LogP contribution in [-0.2, 0) is 11.3 Å². The van der Waals surface area contributed by atoms with Crippen molar-refractivity contribution in [2.75, 3.05) is 14.2 Å². The maximum atomic E-state index is 12.8. The van der Waals surface area contributed by atoms with Crippen LogP contribution in [0.4, 0.5) is 0 Å². The Bertz CT molecular complexity index is 849. The Kier molecular flexibility index (Phi) is 8.07. The molecule has 0 unspecified atom stereocenters. The molecular formula is C23H30N2O4. The van der Waals surface area contributed by atoms with E-state index in [-0.39, 0.29) is 17.7 Å². The van der Waals surface area contributed by atoms with Gasteiger partial charge in [0.25, 0.3) is 5.91 Å². The van der Waals surface area contributed by atoms with Gasteiger partial charge >= 0.3 is 0 Å². The van der Waals surface area contributed by atoms with E-state index in [0.717, 1.165) is 11.1 Å². The second kappa shape index (κ2) is 10.5. The molecule has 0 aromatic heterocycles. The Balaban J connectivity index is 2.07. The number of hydrogen-bond acceptors (Lipinski definition) is 4. The summed E-state index contributed by atoms with van der Waals surface area (Å²) >= 11 is 0. The topological polar surface area (TPSA) is 76.7 Å². The van der Waals surface area contributed by atoms with Gasteiger partial charge in [0.15, 0.2) is 11.5 Å². The lowest BCUT2D eigenvalue weighted by atomic mass is 10.0. The average molecular weight is 399 g/mol. The normalized spacial score (nSPS) is 11.7. The van der Waals surface area contributed by atoms with Crippen molar-refractivity contribution in [2.45, 2.75) is 39.8 Å². The van der Waals surface area contributed by atoms with E-state index in [2.05, 4.69) is 10.6 Å². The van der Waals surface area contributed by atoms with Gasteiger partial charge in [0.1, 0.15) is 6.04 Å². The molecule has 2 N–H and O–H groups in total. The van der Waals surface area contributed by atoms with Gasteiger partial charge in [-0.2, -0.15) is 0 Å². The van der Waals surface area contributed by atoms with Crippen LogP contribution in [0.5, 0.6) is 11.5 Å². The van der Waals surface area contributed by atoms with Gasteiger partial charge in [-0.05, 0) is 48.6 Å². The Labute approximate surface area is 172 Å². The van der Waals surface area contributed by atoms with Crippen molar-refractivity contribution in [1.82, 2.24) is 10.6 Å². The summed E-state index contributed by atoms with van der Waals surface area (Å²) < 4.78 is 10.5. The van der Waals surface area contributed by atoms with Crippen molar-refractivity contribution in [2.24, 2.45) is 5.92 Å². The third-order valence-electron chi connectivity index (χ3n) is 4.63. The molecule has 0 aliphatic carbocycles. The van der Waals surface area contributed by atoms with Crippen LogP contribution in [0.1, 0.15) is 41.8 Å². The number of nitrogens with one attached hydrogen (secondary N) is 2. The van der Waals surface area contributed by atoms with Crippen molar-refractivity contribution in [3.63, 3.8) is 0 Å². The monoisotopic (exact) mass is 398 g/mol. The van der Waals surface area contributed by atoms with E-state index < -0.39 is 6.04 Å². The highest BCUT2D eigenvalue weighted by Crippen LogP contribution is 2.27. The number of ether oxygens (including phenoxy) is 2. The zero-order valence-electron chi connectivity index (χ0n) is 17.7. The van der Waals surface area contributed by atoms with Crippen LogP contribution >= 0.6 is 0 Å². The number of carbonyl (C=O) groups excluding carboxylic acids is 2. The zero-order chi connectivity index (χ0) is 21.4. The number of methoxy groups -OCH3 is 2. The summed E-state index contributed by atoms with van der Waals surface area (Å²) in [5.41, 5.74) is 2.33. The number of amides is 2. The molecule has 0 saturated carbocycles. The first-order valence-electron chi connectivity index (χ1n) is 9.70. The van der Waals surface area contributed by atoms with Crippen LogP contribution in [0.25, 0.3) is 0 Å². The lowest BCUT2D eigenvalue weighted by molar-refractivity contribution is -0.123. The van der Waals surface area contributed by atoms with Gasteiger partial charge in [-0.25, -0.2) is 0 Å². The van der Waals surface area contributed by atoms with Gasteiger partial charge in [0, 0.05) is 12.1 Å². The van der Waals surface area contributed by atoms with Crippen LogP contribution < -0.4 is 20.1 Å². The molecule has 2 aromatic rings. The highest BCUT2D eigenvalue weighted by molar-refractivity contribution is 5.98. The second-order valence-corrected chi connectivity index (χ2v) is 7.38. The third kappa shape index (κ3) is 6.24. The smallest absolute Gasteiger partial charge is 0.252 e. The summed E-state index contributed by atoms with van der Waals surface area (Å²) in [5.74, 6) is 1.03. The molecule has 0 bridgehead atoms. The van der Waals surface area contributed by atoms with E-state index in [1.807, 2.05) is 51.1 Å². The van der Waals surface area contributed by atoms with Gasteiger partial charge < -0.3 is 20.1 Å². The molecule has 0 radical (unpaired) electrons. The first kappa shape index (κ1) is 22.3. The molecular weight excluding hydrogens is 368 g/mol. The number of carbonyl (C=O) groups is 2. The van der Waals surface area contributed by atoms with Gasteiger partial charge in [-0.15, -0.1) is 0 Å². The van der Waals surface area contributed by atoms with Crippen molar-refractivity contribution in [1.29, 1.82) is 0 Å². The van der Waals surface area contributed by atoms with Crippen LogP contribution in [-0.4, -0.2) is 32.1 Å². The molecule has 0 aliphatic rings. The quantitative estimate of drug-likeness (QED) is 0.678. The molecule has 1 atom stereocenters. The Morgan fingerprint density at radius 3 is 2.31 bits per heavy atom. The lowest BCUT2D eigenvalue weighted by Crippen LogP contribution is -2.47. The summed E-state index contributed by atoms with van der Waals surface area (Å²) in [6.45, 7) is 6.25. The molecule has 0 fully saturated rings. The Morgan fingerprint density at radius 1 is 1.00 bits per heavy atom. The van der Waals surface area contributed by atoms with E-state index in [4.69, 9.17) is 9.47 Å². The van der Waals surface area contributed by atoms with Crippen molar-refractivity contribution in [3.05, 3.63) is 59.2 Å². The van der Waals surface area contributed by atoms with E-state index >= 15 is 0 Å². The predicted octanol–water partition coefficient (Wildman–Crippen LogP) is 3.47. The molecule has 6 nitrogen and oxygen atoms in total. The number of hydrogen-bond donors (Lipinski definition) is 2. The average Bonchev–Trinajstić information content (AvgIpc) is 2.71. The fraction of sp³-hybridized carbons (Fsp3) is 0.391. The first-order chi connectivity index (χ1) is 13.8. The van der Waals surface area contributed by atoms with Crippen LogP contribution in [0.3, 0.4) is 0 Å². The van der Waals surface area contributed by atoms with Gasteiger partial charge in [-0.1, -0.05) is 38.1 Å². The van der Waals surface area contributed by atoms with Gasteiger partial charge in [-0.3, -0.25) is 9.59 Å². The first-order valence-corrected chi connectivity index (χ1v) is 9.70. The van der Waals surface area contributed by atoms with Gasteiger partial charge in [0.05, 0.1) is 14.2 Å². The molecule has 0 heterocycles. The Hall–Kier alpha value is -3.02. The summed E-state index contributed by atoms with van der Waals surface area (Å²) in [6.07, 6.45) is 0.551. The molecule has 2 amide bonds. The fourth-order valence-electron chi connectivity index (χ4n) is 3.07. The van der Waals surface area contributed by atoms with Crippen LogP contribution in [0.2, 0.25) is 0 Å². The van der Waals surface area contributed by atoms with E-state index in [1.165, 1.54) is 0 Å². The summed E-state index contributed by atoms with van der Waals surface area (Å²) in [4.78, 5) is 25.5. The summed E-state index contributed by atoms with van der Waals surface area (Å²) in [7, 11) is 3.15. The third-order valence-corrected chi connectivity index (χ3v) is 4.63. The number of rotatable bonds is 9. The molecule has 0 spiro atoms. The second-order valence-electron chi connectivity index (χ2n) is 7.38. The zero-order valence-corrected chi connectivity index (χ0v) is 17.7. The summed E-state index contributed by atoms with van der Waals surface area (Å²) in [5, 5.41) is 5.80. The van der Waals surface area contributed by atoms with E-state index in [1.54, 1.807) is 26.4 Å². The SMILES string of the molecule is COc1ccc(CNC(=O)[C@@H](CC(C)C)NC(=O)c2ccccc2C)cc1OC. The standard InChI is InChI=1S/C23H30N2O4/c1-15(2)12-19(25-22(26)18-9-7-6-8-16(18)3)23(27)24-14-17-10-11-20(28-4)21(13-17)29-5/h6-11,13,15,19H,12,14H2,1-5H3,(H,24,27)(H,25,26)/t19-/m1/s1. The highest BCUT2D eigenvalue weighted by atomic mass is 16.5. The Morgan fingerprint density at radius 2 is 1.69 bits per heavy atom. The number of aryl methyl sites for hydroxylation is 1. The minimum Gasteiger partial charge on any atom is -0.493 e. The van der Waals surface area contributed by atoms with Crippen molar-refractivity contribution in [3.8, 4) is 11.5 Å².